The van der Waals surface area contributed by atoms with Crippen LogP contribution in [-0.2, 0) is 4.74 Å². The smallest absolute Gasteiger partial charge is 0.372 e. The zero-order valence-electron chi connectivity index (χ0n) is 11.1. The van der Waals surface area contributed by atoms with Crippen molar-refractivity contribution in [1.29, 1.82) is 0 Å². The maximum atomic E-state index is 11.1. The Kier molecular flexibility index (Phi) is 6.51. The van der Waals surface area contributed by atoms with E-state index >= 15 is 0 Å². The van der Waals surface area contributed by atoms with Gasteiger partial charge in [-0.3, -0.25) is 10.1 Å². The van der Waals surface area contributed by atoms with Crippen molar-refractivity contribution in [3.63, 3.8) is 0 Å². The summed E-state index contributed by atoms with van der Waals surface area (Å²) in [6, 6.07) is 0. The van der Waals surface area contributed by atoms with E-state index in [1.54, 1.807) is 7.11 Å². The fraction of sp³-hybridized carbons (Fsp3) is 0.636. The molecule has 0 amide bonds. The maximum Gasteiger partial charge on any atom is 0.372 e. The van der Waals surface area contributed by atoms with Crippen LogP contribution < -0.4 is 10.1 Å². The Morgan fingerprint density at radius 1 is 1.42 bits per heavy atom. The van der Waals surface area contributed by atoms with E-state index in [2.05, 4.69) is 15.3 Å². The van der Waals surface area contributed by atoms with Crippen LogP contribution in [0.4, 0.5) is 11.5 Å². The van der Waals surface area contributed by atoms with Crippen LogP contribution in [0.3, 0.4) is 0 Å². The van der Waals surface area contributed by atoms with Crippen LogP contribution in [0.15, 0.2) is 6.33 Å². The molecule has 1 aromatic rings. The summed E-state index contributed by atoms with van der Waals surface area (Å²) in [6.07, 6.45) is 2.72. The SMILES string of the molecule is CCCOc1ncnc(NCCCOC)c1[N+](=O)[O-]. The number of ether oxygens (including phenoxy) is 2. The third-order valence-corrected chi connectivity index (χ3v) is 2.23. The van der Waals surface area contributed by atoms with Gasteiger partial charge in [-0.25, -0.2) is 4.98 Å². The molecule has 0 aromatic carbocycles. The van der Waals surface area contributed by atoms with Gasteiger partial charge in [0.2, 0.25) is 5.82 Å². The van der Waals surface area contributed by atoms with E-state index in [1.165, 1.54) is 6.33 Å². The van der Waals surface area contributed by atoms with Crippen LogP contribution in [0.25, 0.3) is 0 Å². The van der Waals surface area contributed by atoms with Gasteiger partial charge >= 0.3 is 5.69 Å². The van der Waals surface area contributed by atoms with Gasteiger partial charge in [-0.05, 0) is 12.8 Å². The summed E-state index contributed by atoms with van der Waals surface area (Å²) in [6.45, 7) is 3.39. The number of nitrogens with zero attached hydrogens (tertiary/aromatic N) is 3. The molecule has 19 heavy (non-hydrogen) atoms. The number of anilines is 1. The lowest BCUT2D eigenvalue weighted by molar-refractivity contribution is -0.385. The molecule has 0 fully saturated rings. The van der Waals surface area contributed by atoms with Crippen LogP contribution in [0.2, 0.25) is 0 Å². The molecular weight excluding hydrogens is 252 g/mol. The van der Waals surface area contributed by atoms with Gasteiger partial charge in [0, 0.05) is 20.3 Å². The first-order valence-electron chi connectivity index (χ1n) is 6.05. The molecule has 0 atom stereocenters. The van der Waals surface area contributed by atoms with Crippen LogP contribution >= 0.6 is 0 Å². The molecule has 0 saturated heterocycles. The summed E-state index contributed by atoms with van der Waals surface area (Å²) in [5, 5.41) is 14.0. The van der Waals surface area contributed by atoms with E-state index in [4.69, 9.17) is 9.47 Å². The number of hydrogen-bond acceptors (Lipinski definition) is 7. The normalized spacial score (nSPS) is 10.2. The Labute approximate surface area is 111 Å². The number of rotatable bonds is 9. The second-order valence-corrected chi connectivity index (χ2v) is 3.75. The Hall–Kier alpha value is -1.96. The third kappa shape index (κ3) is 4.66. The van der Waals surface area contributed by atoms with Crippen molar-refractivity contribution in [3.8, 4) is 5.88 Å². The average molecular weight is 270 g/mol. The van der Waals surface area contributed by atoms with E-state index in [-0.39, 0.29) is 17.4 Å². The van der Waals surface area contributed by atoms with Gasteiger partial charge in [-0.15, -0.1) is 0 Å². The lowest BCUT2D eigenvalue weighted by Crippen LogP contribution is -2.10. The summed E-state index contributed by atoms with van der Waals surface area (Å²) in [5.41, 5.74) is -0.228. The molecule has 1 aromatic heterocycles. The Morgan fingerprint density at radius 2 is 2.21 bits per heavy atom. The largest absolute Gasteiger partial charge is 0.473 e. The number of hydrogen-bond donors (Lipinski definition) is 1. The van der Waals surface area contributed by atoms with Crippen LogP contribution in [-0.4, -0.2) is 41.8 Å². The highest BCUT2D eigenvalue weighted by molar-refractivity contribution is 5.61. The first-order valence-corrected chi connectivity index (χ1v) is 6.05. The zero-order valence-corrected chi connectivity index (χ0v) is 11.1. The van der Waals surface area contributed by atoms with E-state index in [0.717, 1.165) is 12.8 Å². The van der Waals surface area contributed by atoms with Gasteiger partial charge in [0.25, 0.3) is 5.88 Å². The van der Waals surface area contributed by atoms with Gasteiger partial charge in [-0.2, -0.15) is 4.98 Å². The van der Waals surface area contributed by atoms with Crippen molar-refractivity contribution in [2.75, 3.05) is 32.2 Å². The summed E-state index contributed by atoms with van der Waals surface area (Å²) in [5.74, 6) is 0.165. The molecule has 0 unspecified atom stereocenters. The summed E-state index contributed by atoms with van der Waals surface area (Å²) < 4.78 is 10.2. The topological polar surface area (TPSA) is 99.4 Å². The molecule has 1 rings (SSSR count). The minimum Gasteiger partial charge on any atom is -0.473 e. The summed E-state index contributed by atoms with van der Waals surface area (Å²) >= 11 is 0. The monoisotopic (exact) mass is 270 g/mol. The van der Waals surface area contributed by atoms with Crippen molar-refractivity contribution in [1.82, 2.24) is 9.97 Å². The van der Waals surface area contributed by atoms with Crippen LogP contribution in [0.5, 0.6) is 5.88 Å². The molecule has 0 bridgehead atoms. The molecular formula is C11H18N4O4. The van der Waals surface area contributed by atoms with Crippen molar-refractivity contribution >= 4 is 11.5 Å². The second kappa shape index (κ2) is 8.20. The van der Waals surface area contributed by atoms with E-state index in [9.17, 15) is 10.1 Å². The molecule has 8 nitrogen and oxygen atoms in total. The van der Waals surface area contributed by atoms with E-state index in [1.807, 2.05) is 6.92 Å². The summed E-state index contributed by atoms with van der Waals surface area (Å²) in [4.78, 5) is 18.2. The number of methoxy groups -OCH3 is 1. The minimum absolute atomic E-state index is 0.00362. The van der Waals surface area contributed by atoms with Crippen molar-refractivity contribution in [2.24, 2.45) is 0 Å². The zero-order chi connectivity index (χ0) is 14.1. The first kappa shape index (κ1) is 15.1. The second-order valence-electron chi connectivity index (χ2n) is 3.75. The fourth-order valence-corrected chi connectivity index (χ4v) is 1.38. The van der Waals surface area contributed by atoms with E-state index < -0.39 is 4.92 Å². The highest BCUT2D eigenvalue weighted by atomic mass is 16.6. The quantitative estimate of drug-likeness (QED) is 0.413. The van der Waals surface area contributed by atoms with Gasteiger partial charge in [-0.1, -0.05) is 6.92 Å². The summed E-state index contributed by atoms with van der Waals surface area (Å²) in [7, 11) is 1.60. The predicted molar refractivity (Wildman–Crippen MR) is 69.5 cm³/mol. The van der Waals surface area contributed by atoms with Crippen molar-refractivity contribution in [2.45, 2.75) is 19.8 Å². The molecule has 0 saturated carbocycles. The minimum atomic E-state index is -0.538. The number of nitro groups is 1. The van der Waals surface area contributed by atoms with Gasteiger partial charge in [0.1, 0.15) is 6.33 Å². The highest BCUT2D eigenvalue weighted by Gasteiger charge is 2.23. The Morgan fingerprint density at radius 3 is 2.84 bits per heavy atom. The molecule has 0 aliphatic heterocycles. The molecule has 8 heteroatoms. The van der Waals surface area contributed by atoms with Crippen LogP contribution in [0.1, 0.15) is 19.8 Å². The highest BCUT2D eigenvalue weighted by Crippen LogP contribution is 2.30. The van der Waals surface area contributed by atoms with E-state index in [0.29, 0.717) is 19.8 Å². The molecule has 1 N–H and O–H groups in total. The molecule has 106 valence electrons. The maximum absolute atomic E-state index is 11.1. The molecule has 1 heterocycles. The lowest BCUT2D eigenvalue weighted by atomic mass is 10.4. The van der Waals surface area contributed by atoms with Gasteiger partial charge in [0.05, 0.1) is 11.5 Å². The third-order valence-electron chi connectivity index (χ3n) is 2.23. The van der Waals surface area contributed by atoms with Crippen molar-refractivity contribution < 1.29 is 14.4 Å². The number of aromatic nitrogens is 2. The molecule has 0 spiro atoms. The average Bonchev–Trinajstić information content (AvgIpc) is 2.41. The van der Waals surface area contributed by atoms with Crippen molar-refractivity contribution in [3.05, 3.63) is 16.4 Å². The fourth-order valence-electron chi connectivity index (χ4n) is 1.38. The standard InChI is InChI=1S/C11H18N4O4/c1-3-6-19-11-9(15(16)17)10(13-8-14-11)12-5-4-7-18-2/h8H,3-7H2,1-2H3,(H,12,13,14). The Balaban J connectivity index is 2.80. The number of nitrogens with one attached hydrogen (secondary N) is 1. The van der Waals surface area contributed by atoms with Gasteiger partial charge < -0.3 is 14.8 Å². The predicted octanol–water partition coefficient (Wildman–Crippen LogP) is 1.62. The first-order chi connectivity index (χ1) is 9.20. The van der Waals surface area contributed by atoms with Gasteiger partial charge in [0.15, 0.2) is 0 Å². The Bertz CT molecular complexity index is 414. The van der Waals surface area contributed by atoms with Crippen LogP contribution in [0, 0.1) is 10.1 Å². The molecule has 0 radical (unpaired) electrons. The molecule has 0 aliphatic carbocycles. The molecule has 0 aliphatic rings. The lowest BCUT2D eigenvalue weighted by Gasteiger charge is -2.08.